The maximum Gasteiger partial charge on any atom is 0.0560 e. The molecule has 1 saturated heterocycles. The van der Waals surface area contributed by atoms with Crippen LogP contribution in [0.3, 0.4) is 0 Å². The molecular weight excluding hydrogens is 218 g/mol. The summed E-state index contributed by atoms with van der Waals surface area (Å²) in [6, 6.07) is 4.18. The van der Waals surface area contributed by atoms with Crippen LogP contribution in [0.2, 0.25) is 0 Å². The van der Waals surface area contributed by atoms with E-state index in [4.69, 9.17) is 5.73 Å². The molecule has 0 radical (unpaired) electrons. The fourth-order valence-electron chi connectivity index (χ4n) is 2.01. The van der Waals surface area contributed by atoms with E-state index in [0.717, 1.165) is 18.8 Å². The summed E-state index contributed by atoms with van der Waals surface area (Å²) < 4.78 is 0.338. The minimum absolute atomic E-state index is 0.338. The van der Waals surface area contributed by atoms with E-state index in [0.29, 0.717) is 11.3 Å². The van der Waals surface area contributed by atoms with E-state index in [1.807, 2.05) is 18.0 Å². The molecule has 0 amide bonds. The van der Waals surface area contributed by atoms with E-state index < -0.39 is 0 Å². The van der Waals surface area contributed by atoms with Gasteiger partial charge in [0.15, 0.2) is 0 Å². The van der Waals surface area contributed by atoms with Gasteiger partial charge in [0.05, 0.1) is 5.69 Å². The molecule has 1 aromatic heterocycles. The molecule has 1 aliphatic heterocycles. The monoisotopic (exact) mass is 237 g/mol. The second-order valence-electron chi connectivity index (χ2n) is 4.74. The van der Waals surface area contributed by atoms with Crippen molar-refractivity contribution in [2.75, 3.05) is 23.7 Å². The predicted octanol–water partition coefficient (Wildman–Crippen LogP) is 1.87. The van der Waals surface area contributed by atoms with Crippen LogP contribution >= 0.6 is 11.8 Å². The molecule has 0 aliphatic carbocycles. The Balaban J connectivity index is 2.16. The number of nitrogens with two attached hydrogens (primary N) is 1. The Hall–Kier alpha value is -0.740. The molecule has 0 spiro atoms. The van der Waals surface area contributed by atoms with Crippen LogP contribution in [0.1, 0.15) is 19.5 Å². The molecule has 3 nitrogen and oxygen atoms in total. The molecule has 0 unspecified atom stereocenters. The highest BCUT2D eigenvalue weighted by Crippen LogP contribution is 2.32. The van der Waals surface area contributed by atoms with Gasteiger partial charge in [-0.1, -0.05) is 0 Å². The smallest absolute Gasteiger partial charge is 0.0560 e. The highest BCUT2D eigenvalue weighted by Gasteiger charge is 2.27. The first-order valence-corrected chi connectivity index (χ1v) is 6.63. The predicted molar refractivity (Wildman–Crippen MR) is 70.9 cm³/mol. The Labute approximate surface area is 101 Å². The van der Waals surface area contributed by atoms with E-state index in [1.54, 1.807) is 0 Å². The number of thioether (sulfide) groups is 1. The van der Waals surface area contributed by atoms with Gasteiger partial charge in [-0.2, -0.15) is 11.8 Å². The first-order chi connectivity index (χ1) is 7.61. The van der Waals surface area contributed by atoms with Crippen molar-refractivity contribution in [3.8, 4) is 0 Å². The average Bonchev–Trinajstić information content (AvgIpc) is 2.28. The Kier molecular flexibility index (Phi) is 3.40. The summed E-state index contributed by atoms with van der Waals surface area (Å²) in [6.07, 6.45) is 1.85. The van der Waals surface area contributed by atoms with Gasteiger partial charge in [0.25, 0.3) is 0 Å². The standard InChI is InChI=1S/C12H19N3S/c1-12(2)9-15(5-6-16-12)11-3-4-14-10(7-11)8-13/h3-4,7H,5-6,8-9,13H2,1-2H3. The Bertz CT molecular complexity index is 365. The van der Waals surface area contributed by atoms with Gasteiger partial charge in [0, 0.05) is 42.0 Å². The minimum Gasteiger partial charge on any atom is -0.369 e. The lowest BCUT2D eigenvalue weighted by Crippen LogP contribution is -2.43. The molecule has 0 saturated carbocycles. The van der Waals surface area contributed by atoms with Crippen LogP contribution in [0.15, 0.2) is 18.3 Å². The third-order valence-electron chi connectivity index (χ3n) is 2.80. The molecule has 1 aliphatic rings. The van der Waals surface area contributed by atoms with Gasteiger partial charge in [-0.05, 0) is 26.0 Å². The van der Waals surface area contributed by atoms with Crippen molar-refractivity contribution in [1.29, 1.82) is 0 Å². The number of rotatable bonds is 2. The molecule has 0 bridgehead atoms. The highest BCUT2D eigenvalue weighted by molar-refractivity contribution is 8.00. The van der Waals surface area contributed by atoms with Crippen LogP contribution in [0.25, 0.3) is 0 Å². The summed E-state index contributed by atoms with van der Waals surface area (Å²) in [6.45, 7) is 7.32. The van der Waals surface area contributed by atoms with Crippen molar-refractivity contribution < 1.29 is 0 Å². The quantitative estimate of drug-likeness (QED) is 0.852. The van der Waals surface area contributed by atoms with Gasteiger partial charge in [-0.15, -0.1) is 0 Å². The first kappa shape index (κ1) is 11.7. The summed E-state index contributed by atoms with van der Waals surface area (Å²) in [5.74, 6) is 1.19. The second-order valence-corrected chi connectivity index (χ2v) is 6.54. The van der Waals surface area contributed by atoms with Gasteiger partial charge in [-0.25, -0.2) is 0 Å². The van der Waals surface area contributed by atoms with Crippen molar-refractivity contribution in [3.63, 3.8) is 0 Å². The van der Waals surface area contributed by atoms with E-state index in [-0.39, 0.29) is 0 Å². The molecule has 2 rings (SSSR count). The SMILES string of the molecule is CC1(C)CN(c2ccnc(CN)c2)CCS1. The zero-order chi connectivity index (χ0) is 11.6. The van der Waals surface area contributed by atoms with Gasteiger partial charge in [0.1, 0.15) is 0 Å². The number of hydrogen-bond donors (Lipinski definition) is 1. The maximum absolute atomic E-state index is 5.62. The fourth-order valence-corrected chi connectivity index (χ4v) is 3.12. The molecule has 2 N–H and O–H groups in total. The largest absolute Gasteiger partial charge is 0.369 e. The zero-order valence-corrected chi connectivity index (χ0v) is 10.8. The molecule has 1 fully saturated rings. The summed E-state index contributed by atoms with van der Waals surface area (Å²) >= 11 is 2.05. The molecule has 4 heteroatoms. The van der Waals surface area contributed by atoms with Crippen LogP contribution in [0.4, 0.5) is 5.69 Å². The Morgan fingerprint density at radius 1 is 1.56 bits per heavy atom. The van der Waals surface area contributed by atoms with Crippen LogP contribution in [0.5, 0.6) is 0 Å². The van der Waals surface area contributed by atoms with Crippen molar-refractivity contribution in [2.45, 2.75) is 25.1 Å². The number of nitrogens with zero attached hydrogens (tertiary/aromatic N) is 2. The summed E-state index contributed by atoms with van der Waals surface area (Å²) in [5.41, 5.74) is 7.84. The molecule has 16 heavy (non-hydrogen) atoms. The van der Waals surface area contributed by atoms with Gasteiger partial charge in [0.2, 0.25) is 0 Å². The summed E-state index contributed by atoms with van der Waals surface area (Å²) in [4.78, 5) is 6.66. The minimum atomic E-state index is 0.338. The number of hydrogen-bond acceptors (Lipinski definition) is 4. The van der Waals surface area contributed by atoms with Gasteiger partial charge < -0.3 is 10.6 Å². The normalized spacial score (nSPS) is 19.8. The van der Waals surface area contributed by atoms with Crippen molar-refractivity contribution in [3.05, 3.63) is 24.0 Å². The lowest BCUT2D eigenvalue weighted by atomic mass is 10.1. The summed E-state index contributed by atoms with van der Waals surface area (Å²) in [7, 11) is 0. The Morgan fingerprint density at radius 2 is 2.38 bits per heavy atom. The lowest BCUT2D eigenvalue weighted by molar-refractivity contribution is 0.647. The van der Waals surface area contributed by atoms with Crippen LogP contribution in [-0.4, -0.2) is 28.6 Å². The topological polar surface area (TPSA) is 42.2 Å². The van der Waals surface area contributed by atoms with Crippen LogP contribution in [0, 0.1) is 0 Å². The third kappa shape index (κ3) is 2.68. The van der Waals surface area contributed by atoms with Crippen molar-refractivity contribution in [2.24, 2.45) is 5.73 Å². The number of pyridine rings is 1. The van der Waals surface area contributed by atoms with E-state index in [1.165, 1.54) is 11.4 Å². The molecule has 1 aromatic rings. The molecule has 2 heterocycles. The number of anilines is 1. The van der Waals surface area contributed by atoms with E-state index >= 15 is 0 Å². The van der Waals surface area contributed by atoms with Gasteiger partial charge >= 0.3 is 0 Å². The molecule has 0 atom stereocenters. The molecule has 0 aromatic carbocycles. The van der Waals surface area contributed by atoms with Crippen LogP contribution < -0.4 is 10.6 Å². The van der Waals surface area contributed by atoms with Crippen molar-refractivity contribution in [1.82, 2.24) is 4.98 Å². The Morgan fingerprint density at radius 3 is 3.06 bits per heavy atom. The van der Waals surface area contributed by atoms with Crippen LogP contribution in [-0.2, 0) is 6.54 Å². The average molecular weight is 237 g/mol. The first-order valence-electron chi connectivity index (χ1n) is 5.65. The highest BCUT2D eigenvalue weighted by atomic mass is 32.2. The third-order valence-corrected chi connectivity index (χ3v) is 4.10. The van der Waals surface area contributed by atoms with E-state index in [9.17, 15) is 0 Å². The van der Waals surface area contributed by atoms with Gasteiger partial charge in [-0.3, -0.25) is 4.98 Å². The molecular formula is C12H19N3S. The molecule has 88 valence electrons. The zero-order valence-electron chi connectivity index (χ0n) is 9.94. The van der Waals surface area contributed by atoms with Crippen molar-refractivity contribution >= 4 is 17.4 Å². The number of aromatic nitrogens is 1. The fraction of sp³-hybridized carbons (Fsp3) is 0.583. The van der Waals surface area contributed by atoms with E-state index in [2.05, 4.69) is 35.9 Å². The lowest BCUT2D eigenvalue weighted by Gasteiger charge is -2.39. The summed E-state index contributed by atoms with van der Waals surface area (Å²) in [5, 5.41) is 0. The maximum atomic E-state index is 5.62. The second kappa shape index (κ2) is 4.63.